The van der Waals surface area contributed by atoms with Crippen molar-refractivity contribution in [3.63, 3.8) is 0 Å². The molecule has 0 aliphatic rings. The molecule has 0 bridgehead atoms. The molecule has 0 atom stereocenters. The van der Waals surface area contributed by atoms with Crippen molar-refractivity contribution in [2.75, 3.05) is 13.1 Å². The molecule has 0 saturated carbocycles. The summed E-state index contributed by atoms with van der Waals surface area (Å²) in [5.74, 6) is 0. The maximum Gasteiger partial charge on any atom is 0.319 e. The topological polar surface area (TPSA) is 91.5 Å². The van der Waals surface area contributed by atoms with Gasteiger partial charge in [0, 0.05) is 25.5 Å². The Bertz CT molecular complexity index is 330. The number of nitrogens with one attached hydrogen (secondary N) is 4. The number of rotatable bonds is 8. The summed E-state index contributed by atoms with van der Waals surface area (Å²) < 4.78 is 4.86. The molecule has 0 saturated heterocycles. The van der Waals surface area contributed by atoms with E-state index in [-0.39, 0.29) is 12.1 Å². The highest BCUT2D eigenvalue weighted by Gasteiger charge is 1.92. The van der Waals surface area contributed by atoms with Gasteiger partial charge in [-0.25, -0.2) is 9.59 Å². The van der Waals surface area contributed by atoms with Crippen LogP contribution in [0.1, 0.15) is 0 Å². The van der Waals surface area contributed by atoms with Crippen molar-refractivity contribution in [1.29, 1.82) is 0 Å². The number of carbonyl (C=O) groups is 2. The Morgan fingerprint density at radius 3 is 1.68 bits per heavy atom. The van der Waals surface area contributed by atoms with Crippen LogP contribution in [0.5, 0.6) is 0 Å². The van der Waals surface area contributed by atoms with Gasteiger partial charge in [-0.3, -0.25) is 0 Å². The second-order valence-corrected chi connectivity index (χ2v) is 3.03. The maximum absolute atomic E-state index is 11.0. The minimum absolute atomic E-state index is 0.370. The lowest BCUT2D eigenvalue weighted by atomic mass is 10.6. The van der Waals surface area contributed by atoms with E-state index in [1.807, 2.05) is 0 Å². The van der Waals surface area contributed by atoms with Gasteiger partial charge in [0.15, 0.2) is 0 Å². The van der Waals surface area contributed by atoms with Gasteiger partial charge in [-0.2, -0.15) is 0 Å². The predicted molar refractivity (Wildman–Crippen MR) is 72.8 cm³/mol. The number of carbonyl (C=O) groups excluding carboxylic acids is 2. The number of amides is 4. The molecule has 0 aromatic heterocycles. The molecule has 0 heterocycles. The van der Waals surface area contributed by atoms with Crippen LogP contribution >= 0.6 is 0 Å². The summed E-state index contributed by atoms with van der Waals surface area (Å²) in [7, 11) is 0. The molecule has 0 aliphatic carbocycles. The van der Waals surface area contributed by atoms with Crippen LogP contribution in [0.25, 0.3) is 0 Å². The van der Waals surface area contributed by atoms with Gasteiger partial charge in [-0.05, 0) is 0 Å². The first kappa shape index (κ1) is 16.3. The summed E-state index contributed by atoms with van der Waals surface area (Å²) in [5.41, 5.74) is 0. The van der Waals surface area contributed by atoms with Crippen molar-refractivity contribution in [3.05, 3.63) is 50.2 Å². The first-order valence-corrected chi connectivity index (χ1v) is 5.46. The van der Waals surface area contributed by atoms with Crippen molar-refractivity contribution in [1.82, 2.24) is 21.3 Å². The molecule has 0 aromatic rings. The van der Waals surface area contributed by atoms with E-state index in [1.54, 1.807) is 12.2 Å². The lowest BCUT2D eigenvalue weighted by Crippen LogP contribution is -2.32. The van der Waals surface area contributed by atoms with E-state index < -0.39 is 0 Å². The summed E-state index contributed by atoms with van der Waals surface area (Å²) in [6, 6.07) is -0.740. The molecule has 0 radical (unpaired) electrons. The highest BCUT2D eigenvalue weighted by Crippen LogP contribution is 1.78. The molecule has 0 spiro atoms. The smallest absolute Gasteiger partial charge is 0.319 e. The first-order chi connectivity index (χ1) is 9.20. The van der Waals surface area contributed by atoms with Gasteiger partial charge in [0.1, 0.15) is 12.5 Å². The van der Waals surface area contributed by atoms with Crippen LogP contribution in [-0.2, 0) is 4.74 Å². The molecular formula is C12H18N4O3. The lowest BCUT2D eigenvalue weighted by molar-refractivity contribution is 0.244. The third-order valence-corrected chi connectivity index (χ3v) is 1.54. The molecule has 0 unspecified atom stereocenters. The number of urea groups is 2. The monoisotopic (exact) mass is 266 g/mol. The largest absolute Gasteiger partial charge is 0.470 e. The van der Waals surface area contributed by atoms with Crippen LogP contribution in [-0.4, -0.2) is 25.2 Å². The molecular weight excluding hydrogens is 248 g/mol. The Morgan fingerprint density at radius 2 is 1.32 bits per heavy atom. The molecule has 7 heteroatoms. The average Bonchev–Trinajstić information content (AvgIpc) is 2.41. The number of ether oxygens (including phenoxy) is 1. The molecule has 4 amide bonds. The number of hydrogen-bond donors (Lipinski definition) is 4. The van der Waals surface area contributed by atoms with Crippen LogP contribution in [0.2, 0.25) is 0 Å². The summed E-state index contributed by atoms with van der Waals surface area (Å²) in [4.78, 5) is 22.0. The minimum atomic E-state index is -0.370. The van der Waals surface area contributed by atoms with Crippen molar-refractivity contribution in [3.8, 4) is 0 Å². The summed E-state index contributed by atoms with van der Waals surface area (Å²) in [6.45, 7) is 7.67. The van der Waals surface area contributed by atoms with Gasteiger partial charge >= 0.3 is 12.1 Å². The van der Waals surface area contributed by atoms with Crippen LogP contribution in [0.15, 0.2) is 50.2 Å². The SMILES string of the molecule is C=CCNC(=O)NC=COC=CNC(=O)NCC=C. The molecule has 19 heavy (non-hydrogen) atoms. The predicted octanol–water partition coefficient (Wildman–Crippen LogP) is 0.916. The summed E-state index contributed by atoms with van der Waals surface area (Å²) >= 11 is 0. The van der Waals surface area contributed by atoms with Crippen LogP contribution < -0.4 is 21.3 Å². The average molecular weight is 266 g/mol. The van der Waals surface area contributed by atoms with Crippen molar-refractivity contribution in [2.24, 2.45) is 0 Å². The molecule has 0 rings (SSSR count). The highest BCUT2D eigenvalue weighted by atomic mass is 16.5. The first-order valence-electron chi connectivity index (χ1n) is 5.46. The molecule has 0 aliphatic heterocycles. The number of hydrogen-bond acceptors (Lipinski definition) is 3. The van der Waals surface area contributed by atoms with Crippen LogP contribution in [0.4, 0.5) is 9.59 Å². The molecule has 7 nitrogen and oxygen atoms in total. The van der Waals surface area contributed by atoms with Gasteiger partial charge in [0.2, 0.25) is 0 Å². The van der Waals surface area contributed by atoms with Gasteiger partial charge in [0.05, 0.1) is 0 Å². The fourth-order valence-corrected chi connectivity index (χ4v) is 0.775. The Balaban J connectivity index is 3.61. The standard InChI is InChI=1S/C12H18N4O3/c1-3-5-13-11(17)15-7-9-19-10-8-16-12(18)14-6-4-2/h3-4,7-10H,1-2,5-6H2,(H2,13,15,17)(H2,14,16,18). The Labute approximate surface area is 112 Å². The van der Waals surface area contributed by atoms with E-state index in [2.05, 4.69) is 34.4 Å². The Morgan fingerprint density at radius 1 is 0.895 bits per heavy atom. The third kappa shape index (κ3) is 11.6. The maximum atomic E-state index is 11.0. The Kier molecular flexibility index (Phi) is 10.1. The molecule has 104 valence electrons. The fraction of sp³-hybridized carbons (Fsp3) is 0.167. The van der Waals surface area contributed by atoms with Crippen LogP contribution in [0, 0.1) is 0 Å². The van der Waals surface area contributed by atoms with E-state index in [1.165, 1.54) is 24.9 Å². The molecule has 0 fully saturated rings. The van der Waals surface area contributed by atoms with Gasteiger partial charge in [-0.15, -0.1) is 13.2 Å². The molecule has 0 aromatic carbocycles. The lowest BCUT2D eigenvalue weighted by Gasteiger charge is -2.00. The Hall–Kier alpha value is -2.70. The van der Waals surface area contributed by atoms with E-state index in [9.17, 15) is 9.59 Å². The van der Waals surface area contributed by atoms with Crippen molar-refractivity contribution >= 4 is 12.1 Å². The van der Waals surface area contributed by atoms with E-state index in [4.69, 9.17) is 4.74 Å². The fourth-order valence-electron chi connectivity index (χ4n) is 0.775. The van der Waals surface area contributed by atoms with Gasteiger partial charge in [0.25, 0.3) is 0 Å². The van der Waals surface area contributed by atoms with Gasteiger partial charge < -0.3 is 26.0 Å². The highest BCUT2D eigenvalue weighted by molar-refractivity contribution is 5.75. The van der Waals surface area contributed by atoms with Crippen molar-refractivity contribution < 1.29 is 14.3 Å². The van der Waals surface area contributed by atoms with E-state index in [0.29, 0.717) is 13.1 Å². The third-order valence-electron chi connectivity index (χ3n) is 1.54. The zero-order valence-electron chi connectivity index (χ0n) is 10.5. The quantitative estimate of drug-likeness (QED) is 0.389. The van der Waals surface area contributed by atoms with Crippen molar-refractivity contribution in [2.45, 2.75) is 0 Å². The van der Waals surface area contributed by atoms with Crippen LogP contribution in [0.3, 0.4) is 0 Å². The normalized spacial score (nSPS) is 9.89. The second kappa shape index (κ2) is 11.8. The second-order valence-electron chi connectivity index (χ2n) is 3.03. The zero-order valence-corrected chi connectivity index (χ0v) is 10.5. The van der Waals surface area contributed by atoms with E-state index in [0.717, 1.165) is 0 Å². The zero-order chi connectivity index (χ0) is 14.3. The minimum Gasteiger partial charge on any atom is -0.470 e. The van der Waals surface area contributed by atoms with Gasteiger partial charge in [-0.1, -0.05) is 12.2 Å². The van der Waals surface area contributed by atoms with E-state index >= 15 is 0 Å². The molecule has 4 N–H and O–H groups in total. The summed E-state index contributed by atoms with van der Waals surface area (Å²) in [6.07, 6.45) is 8.22. The summed E-state index contributed by atoms with van der Waals surface area (Å²) in [5, 5.41) is 9.80.